The van der Waals surface area contributed by atoms with Gasteiger partial charge in [-0.15, -0.1) is 0 Å². The molecule has 4 heteroatoms. The van der Waals surface area contributed by atoms with Gasteiger partial charge in [-0.2, -0.15) is 0 Å². The van der Waals surface area contributed by atoms with E-state index in [1.54, 1.807) is 7.11 Å². The van der Waals surface area contributed by atoms with Crippen LogP contribution in [0, 0.1) is 5.92 Å². The zero-order chi connectivity index (χ0) is 15.8. The van der Waals surface area contributed by atoms with Gasteiger partial charge in [0.2, 0.25) is 0 Å². The van der Waals surface area contributed by atoms with Crippen molar-refractivity contribution in [2.75, 3.05) is 7.11 Å². The number of nitrogens with one attached hydrogen (secondary N) is 2. The standard InChI is InChI=1S/C17H28N2O2/c1-12(2)10-11-13(3)18-17(20)19-14(4)15-8-6-7-9-16(15)21-5/h6-9,12-14H,10-11H2,1-5H3,(H2,18,19,20). The molecule has 0 aliphatic carbocycles. The van der Waals surface area contributed by atoms with E-state index in [4.69, 9.17) is 4.74 Å². The highest BCUT2D eigenvalue weighted by molar-refractivity contribution is 5.74. The van der Waals surface area contributed by atoms with Crippen LogP contribution in [0.15, 0.2) is 24.3 Å². The third kappa shape index (κ3) is 6.06. The van der Waals surface area contributed by atoms with Gasteiger partial charge >= 0.3 is 6.03 Å². The molecule has 2 N–H and O–H groups in total. The van der Waals surface area contributed by atoms with E-state index in [0.717, 1.165) is 24.2 Å². The number of benzene rings is 1. The quantitative estimate of drug-likeness (QED) is 0.801. The molecule has 0 aliphatic heterocycles. The van der Waals surface area contributed by atoms with E-state index in [0.29, 0.717) is 5.92 Å². The van der Waals surface area contributed by atoms with E-state index in [9.17, 15) is 4.79 Å². The molecular weight excluding hydrogens is 264 g/mol. The van der Waals surface area contributed by atoms with Crippen LogP contribution in [0.5, 0.6) is 5.75 Å². The molecular formula is C17H28N2O2. The first-order chi connectivity index (χ1) is 9.93. The fraction of sp³-hybridized carbons (Fsp3) is 0.588. The average Bonchev–Trinajstić information content (AvgIpc) is 2.44. The fourth-order valence-corrected chi connectivity index (χ4v) is 2.22. The first-order valence-corrected chi connectivity index (χ1v) is 7.64. The topological polar surface area (TPSA) is 50.4 Å². The maximum absolute atomic E-state index is 12.0. The number of amides is 2. The van der Waals surface area contributed by atoms with Crippen LogP contribution in [0.3, 0.4) is 0 Å². The van der Waals surface area contributed by atoms with Crippen LogP contribution in [0.2, 0.25) is 0 Å². The Morgan fingerprint density at radius 1 is 1.10 bits per heavy atom. The zero-order valence-electron chi connectivity index (χ0n) is 13.8. The smallest absolute Gasteiger partial charge is 0.315 e. The second kappa shape index (κ2) is 8.55. The molecule has 0 aliphatic rings. The summed E-state index contributed by atoms with van der Waals surface area (Å²) in [5.74, 6) is 1.45. The normalized spacial score (nSPS) is 13.6. The minimum atomic E-state index is -0.135. The third-order valence-corrected chi connectivity index (χ3v) is 3.51. The maximum Gasteiger partial charge on any atom is 0.315 e. The van der Waals surface area contributed by atoms with E-state index < -0.39 is 0 Å². The molecule has 0 bridgehead atoms. The molecule has 1 rings (SSSR count). The largest absolute Gasteiger partial charge is 0.496 e. The molecule has 2 unspecified atom stereocenters. The second-order valence-electron chi connectivity index (χ2n) is 5.95. The van der Waals surface area contributed by atoms with Crippen LogP contribution in [-0.2, 0) is 0 Å². The highest BCUT2D eigenvalue weighted by atomic mass is 16.5. The van der Waals surface area contributed by atoms with E-state index >= 15 is 0 Å². The average molecular weight is 292 g/mol. The van der Waals surface area contributed by atoms with E-state index in [1.165, 1.54) is 0 Å². The van der Waals surface area contributed by atoms with Crippen LogP contribution in [0.4, 0.5) is 4.79 Å². The number of para-hydroxylation sites is 1. The molecule has 0 spiro atoms. The Hall–Kier alpha value is -1.71. The molecule has 118 valence electrons. The predicted octanol–water partition coefficient (Wildman–Crippen LogP) is 3.88. The lowest BCUT2D eigenvalue weighted by atomic mass is 10.0. The van der Waals surface area contributed by atoms with Crippen molar-refractivity contribution in [2.24, 2.45) is 5.92 Å². The van der Waals surface area contributed by atoms with E-state index in [1.807, 2.05) is 38.1 Å². The molecule has 0 fully saturated rings. The number of hydrogen-bond donors (Lipinski definition) is 2. The monoisotopic (exact) mass is 292 g/mol. The summed E-state index contributed by atoms with van der Waals surface area (Å²) in [6, 6.07) is 7.67. The number of ether oxygens (including phenoxy) is 1. The molecule has 2 atom stereocenters. The van der Waals surface area contributed by atoms with Gasteiger partial charge in [-0.1, -0.05) is 32.0 Å². The van der Waals surface area contributed by atoms with Gasteiger partial charge in [-0.3, -0.25) is 0 Å². The van der Waals surface area contributed by atoms with Crippen molar-refractivity contribution in [1.82, 2.24) is 10.6 Å². The summed E-state index contributed by atoms with van der Waals surface area (Å²) in [6.45, 7) is 8.37. The Morgan fingerprint density at radius 3 is 2.38 bits per heavy atom. The molecule has 0 radical (unpaired) electrons. The van der Waals surface area contributed by atoms with Crippen molar-refractivity contribution in [1.29, 1.82) is 0 Å². The Morgan fingerprint density at radius 2 is 1.76 bits per heavy atom. The van der Waals surface area contributed by atoms with Crippen LogP contribution in [-0.4, -0.2) is 19.2 Å². The Bertz CT molecular complexity index is 446. The summed E-state index contributed by atoms with van der Waals surface area (Å²) in [6.07, 6.45) is 2.11. The molecule has 2 amide bonds. The molecule has 0 heterocycles. The molecule has 1 aromatic carbocycles. The van der Waals surface area contributed by atoms with Crippen LogP contribution >= 0.6 is 0 Å². The summed E-state index contributed by atoms with van der Waals surface area (Å²) in [4.78, 5) is 12.0. The SMILES string of the molecule is COc1ccccc1C(C)NC(=O)NC(C)CCC(C)C. The van der Waals surface area contributed by atoms with E-state index in [-0.39, 0.29) is 18.1 Å². The second-order valence-corrected chi connectivity index (χ2v) is 5.95. The Balaban J connectivity index is 2.50. The van der Waals surface area contributed by atoms with Crippen molar-refractivity contribution < 1.29 is 9.53 Å². The molecule has 1 aromatic rings. The lowest BCUT2D eigenvalue weighted by Crippen LogP contribution is -2.41. The Kier molecular flexibility index (Phi) is 7.06. The van der Waals surface area contributed by atoms with Gasteiger partial charge in [0.05, 0.1) is 13.2 Å². The zero-order valence-corrected chi connectivity index (χ0v) is 13.8. The number of methoxy groups -OCH3 is 1. The maximum atomic E-state index is 12.0. The number of carbonyl (C=O) groups excluding carboxylic acids is 1. The van der Waals surface area contributed by atoms with Gasteiger partial charge in [0, 0.05) is 11.6 Å². The molecule has 4 nitrogen and oxygen atoms in total. The molecule has 0 aromatic heterocycles. The molecule has 0 saturated heterocycles. The van der Waals surface area contributed by atoms with E-state index in [2.05, 4.69) is 24.5 Å². The van der Waals surface area contributed by atoms with Gasteiger partial charge in [-0.25, -0.2) is 4.79 Å². The summed E-state index contributed by atoms with van der Waals surface area (Å²) < 4.78 is 5.32. The van der Waals surface area contributed by atoms with Crippen molar-refractivity contribution in [2.45, 2.75) is 52.6 Å². The summed E-state index contributed by atoms with van der Waals surface area (Å²) in [5.41, 5.74) is 0.977. The van der Waals surface area contributed by atoms with Crippen molar-refractivity contribution in [3.8, 4) is 5.75 Å². The summed E-state index contributed by atoms with van der Waals surface area (Å²) >= 11 is 0. The fourth-order valence-electron chi connectivity index (χ4n) is 2.22. The minimum absolute atomic E-state index is 0.0987. The number of carbonyl (C=O) groups is 1. The molecule has 0 saturated carbocycles. The third-order valence-electron chi connectivity index (χ3n) is 3.51. The summed E-state index contributed by atoms with van der Waals surface area (Å²) in [5, 5.41) is 5.94. The first-order valence-electron chi connectivity index (χ1n) is 7.64. The van der Waals surface area contributed by atoms with Gasteiger partial charge in [0.25, 0.3) is 0 Å². The predicted molar refractivity (Wildman–Crippen MR) is 86.6 cm³/mol. The van der Waals surface area contributed by atoms with Crippen molar-refractivity contribution in [3.63, 3.8) is 0 Å². The van der Waals surface area contributed by atoms with Crippen molar-refractivity contribution >= 4 is 6.03 Å². The lowest BCUT2D eigenvalue weighted by Gasteiger charge is -2.20. The lowest BCUT2D eigenvalue weighted by molar-refractivity contribution is 0.233. The number of urea groups is 1. The van der Waals surface area contributed by atoms with Gasteiger partial charge < -0.3 is 15.4 Å². The summed E-state index contributed by atoms with van der Waals surface area (Å²) in [7, 11) is 1.64. The highest BCUT2D eigenvalue weighted by Gasteiger charge is 2.14. The van der Waals surface area contributed by atoms with Crippen LogP contribution in [0.25, 0.3) is 0 Å². The number of rotatable bonds is 7. The Labute approximate surface area is 128 Å². The highest BCUT2D eigenvalue weighted by Crippen LogP contribution is 2.24. The molecule has 21 heavy (non-hydrogen) atoms. The number of hydrogen-bond acceptors (Lipinski definition) is 2. The van der Waals surface area contributed by atoms with Gasteiger partial charge in [0.15, 0.2) is 0 Å². The van der Waals surface area contributed by atoms with Crippen LogP contribution in [0.1, 0.15) is 52.1 Å². The van der Waals surface area contributed by atoms with Gasteiger partial charge in [0.1, 0.15) is 5.75 Å². The first kappa shape index (κ1) is 17.3. The van der Waals surface area contributed by atoms with Gasteiger partial charge in [-0.05, 0) is 38.7 Å². The van der Waals surface area contributed by atoms with Crippen molar-refractivity contribution in [3.05, 3.63) is 29.8 Å². The van der Waals surface area contributed by atoms with Crippen LogP contribution < -0.4 is 15.4 Å². The minimum Gasteiger partial charge on any atom is -0.496 e.